The highest BCUT2D eigenvalue weighted by Gasteiger charge is 2.29. The van der Waals surface area contributed by atoms with Crippen LogP contribution in [-0.4, -0.2) is 23.6 Å². The molecule has 0 saturated carbocycles. The lowest BCUT2D eigenvalue weighted by Gasteiger charge is -2.21. The Hall–Kier alpha value is -2.44. The average molecular weight is 409 g/mol. The number of phenolic OH excluding ortho intramolecular Hbond substituents is 1. The van der Waals surface area contributed by atoms with Crippen molar-refractivity contribution in [3.63, 3.8) is 0 Å². The fourth-order valence-corrected chi connectivity index (χ4v) is 3.30. The van der Waals surface area contributed by atoms with Gasteiger partial charge in [-0.1, -0.05) is 44.0 Å². The quantitative estimate of drug-likeness (QED) is 0.711. The number of urea groups is 1. The van der Waals surface area contributed by atoms with Gasteiger partial charge in [0, 0.05) is 11.3 Å². The van der Waals surface area contributed by atoms with Crippen LogP contribution in [0.15, 0.2) is 30.3 Å². The largest absolute Gasteiger partial charge is 0.508 e. The van der Waals surface area contributed by atoms with Crippen molar-refractivity contribution >= 4 is 40.8 Å². The molecule has 27 heavy (non-hydrogen) atoms. The monoisotopic (exact) mass is 408 g/mol. The minimum absolute atomic E-state index is 0.0986. The molecular formula is C19H18Cl2N2O4. The molecule has 0 atom stereocenters. The van der Waals surface area contributed by atoms with Gasteiger partial charge >= 0.3 is 6.03 Å². The lowest BCUT2D eigenvalue weighted by Crippen LogP contribution is -2.27. The van der Waals surface area contributed by atoms with Crippen LogP contribution in [0.25, 0.3) is 0 Å². The van der Waals surface area contributed by atoms with Gasteiger partial charge in [-0.25, -0.2) is 4.79 Å². The summed E-state index contributed by atoms with van der Waals surface area (Å²) in [7, 11) is 0. The van der Waals surface area contributed by atoms with E-state index in [1.165, 1.54) is 17.0 Å². The molecule has 142 valence electrons. The van der Waals surface area contributed by atoms with Crippen molar-refractivity contribution in [2.75, 3.05) is 11.4 Å². The molecule has 1 aliphatic heterocycles. The number of rotatable bonds is 3. The van der Waals surface area contributed by atoms with Crippen molar-refractivity contribution in [3.05, 3.63) is 45.9 Å². The van der Waals surface area contributed by atoms with Gasteiger partial charge in [0.2, 0.25) is 5.91 Å². The molecule has 0 radical (unpaired) electrons. The molecule has 2 N–H and O–H groups in total. The average Bonchev–Trinajstić information content (AvgIpc) is 2.89. The fraction of sp³-hybridized carbons (Fsp3) is 0.263. The Morgan fingerprint density at radius 1 is 1.11 bits per heavy atom. The predicted octanol–water partition coefficient (Wildman–Crippen LogP) is 4.85. The second kappa shape index (κ2) is 6.94. The molecule has 0 spiro atoms. The smallest absolute Gasteiger partial charge is 0.329 e. The number of nitrogens with one attached hydrogen (secondary N) is 1. The SMILES string of the molecule is CC(C)(C)c1cc(Oc2c(Cl)cc(N3CC(=O)NC3=O)cc2Cl)ccc1O. The van der Waals surface area contributed by atoms with Gasteiger partial charge < -0.3 is 9.84 Å². The van der Waals surface area contributed by atoms with E-state index in [9.17, 15) is 14.7 Å². The Balaban J connectivity index is 1.93. The highest BCUT2D eigenvalue weighted by Crippen LogP contribution is 2.41. The van der Waals surface area contributed by atoms with E-state index in [4.69, 9.17) is 27.9 Å². The lowest BCUT2D eigenvalue weighted by molar-refractivity contribution is -0.117. The van der Waals surface area contributed by atoms with Gasteiger partial charge in [-0.15, -0.1) is 0 Å². The van der Waals surface area contributed by atoms with Gasteiger partial charge in [-0.3, -0.25) is 15.0 Å². The van der Waals surface area contributed by atoms with Gasteiger partial charge in [-0.05, 0) is 35.7 Å². The zero-order valence-electron chi connectivity index (χ0n) is 15.0. The van der Waals surface area contributed by atoms with Crippen molar-refractivity contribution in [1.82, 2.24) is 5.32 Å². The molecule has 1 saturated heterocycles. The van der Waals surface area contributed by atoms with Crippen LogP contribution in [0.3, 0.4) is 0 Å². The molecule has 0 unspecified atom stereocenters. The maximum atomic E-state index is 11.8. The summed E-state index contributed by atoms with van der Waals surface area (Å²) < 4.78 is 5.84. The highest BCUT2D eigenvalue weighted by molar-refractivity contribution is 6.37. The van der Waals surface area contributed by atoms with E-state index in [2.05, 4.69) is 5.32 Å². The number of hydrogen-bond acceptors (Lipinski definition) is 4. The fourth-order valence-electron chi connectivity index (χ4n) is 2.75. The molecule has 6 nitrogen and oxygen atoms in total. The molecule has 3 amide bonds. The summed E-state index contributed by atoms with van der Waals surface area (Å²) in [6.45, 7) is 5.83. The summed E-state index contributed by atoms with van der Waals surface area (Å²) in [5, 5.41) is 12.6. The van der Waals surface area contributed by atoms with Crippen LogP contribution in [-0.2, 0) is 10.2 Å². The van der Waals surface area contributed by atoms with Gasteiger partial charge in [0.05, 0.1) is 10.0 Å². The van der Waals surface area contributed by atoms with E-state index in [1.807, 2.05) is 20.8 Å². The first-order chi connectivity index (χ1) is 12.6. The summed E-state index contributed by atoms with van der Waals surface area (Å²) in [5.41, 5.74) is 0.828. The van der Waals surface area contributed by atoms with E-state index in [-0.39, 0.29) is 33.5 Å². The number of nitrogens with zero attached hydrogens (tertiary/aromatic N) is 1. The maximum absolute atomic E-state index is 11.8. The van der Waals surface area contributed by atoms with Crippen LogP contribution >= 0.6 is 23.2 Å². The van der Waals surface area contributed by atoms with Crippen molar-refractivity contribution < 1.29 is 19.4 Å². The number of benzene rings is 2. The minimum Gasteiger partial charge on any atom is -0.508 e. The Kier molecular flexibility index (Phi) is 4.97. The van der Waals surface area contributed by atoms with E-state index in [1.54, 1.807) is 18.2 Å². The number of phenols is 1. The molecule has 0 bridgehead atoms. The van der Waals surface area contributed by atoms with E-state index >= 15 is 0 Å². The standard InChI is InChI=1S/C19H18Cl2N2O4/c1-19(2,3)12-8-11(4-5-15(12)24)27-17-13(20)6-10(7-14(17)21)23-9-16(25)22-18(23)26/h4-8,24H,9H2,1-3H3,(H,22,25,26). The number of aromatic hydroxyl groups is 1. The van der Waals surface area contributed by atoms with E-state index < -0.39 is 11.9 Å². The van der Waals surface area contributed by atoms with Crippen LogP contribution in [0.5, 0.6) is 17.2 Å². The number of carbonyl (C=O) groups is 2. The third-order valence-electron chi connectivity index (χ3n) is 4.08. The van der Waals surface area contributed by atoms with Crippen LogP contribution in [0.2, 0.25) is 10.0 Å². The predicted molar refractivity (Wildman–Crippen MR) is 104 cm³/mol. The number of anilines is 1. The molecule has 3 rings (SSSR count). The topological polar surface area (TPSA) is 78.9 Å². The van der Waals surface area contributed by atoms with E-state index in [0.29, 0.717) is 11.4 Å². The summed E-state index contributed by atoms with van der Waals surface area (Å²) >= 11 is 12.6. The Morgan fingerprint density at radius 3 is 2.26 bits per heavy atom. The van der Waals surface area contributed by atoms with Crippen LogP contribution in [0, 0.1) is 0 Å². The molecule has 1 fully saturated rings. The Bertz CT molecular complexity index is 915. The number of halogens is 2. The minimum atomic E-state index is -0.533. The van der Waals surface area contributed by atoms with E-state index in [0.717, 1.165) is 5.56 Å². The van der Waals surface area contributed by atoms with Crippen molar-refractivity contribution in [3.8, 4) is 17.2 Å². The van der Waals surface area contributed by atoms with Crippen LogP contribution < -0.4 is 15.0 Å². The molecular weight excluding hydrogens is 391 g/mol. The molecule has 2 aromatic carbocycles. The van der Waals surface area contributed by atoms with Crippen LogP contribution in [0.1, 0.15) is 26.3 Å². The Morgan fingerprint density at radius 2 is 1.74 bits per heavy atom. The van der Waals surface area contributed by atoms with Crippen molar-refractivity contribution in [2.24, 2.45) is 0 Å². The number of imide groups is 1. The molecule has 1 heterocycles. The second-order valence-electron chi connectivity index (χ2n) is 7.21. The summed E-state index contributed by atoms with van der Waals surface area (Å²) in [5.74, 6) is 0.459. The van der Waals surface area contributed by atoms with Gasteiger partial charge in [0.1, 0.15) is 18.0 Å². The molecule has 1 aliphatic rings. The summed E-state index contributed by atoms with van der Waals surface area (Å²) in [6.07, 6.45) is 0. The summed E-state index contributed by atoms with van der Waals surface area (Å²) in [4.78, 5) is 24.4. The van der Waals surface area contributed by atoms with Gasteiger partial charge in [0.15, 0.2) is 5.75 Å². The maximum Gasteiger partial charge on any atom is 0.329 e. The Labute approximate surface area is 166 Å². The van der Waals surface area contributed by atoms with Crippen molar-refractivity contribution in [1.29, 1.82) is 0 Å². The molecule has 2 aromatic rings. The van der Waals surface area contributed by atoms with Crippen molar-refractivity contribution in [2.45, 2.75) is 26.2 Å². The highest BCUT2D eigenvalue weighted by atomic mass is 35.5. The van der Waals surface area contributed by atoms with Gasteiger partial charge in [-0.2, -0.15) is 0 Å². The second-order valence-corrected chi connectivity index (χ2v) is 8.02. The molecule has 0 aliphatic carbocycles. The van der Waals surface area contributed by atoms with Crippen LogP contribution in [0.4, 0.5) is 10.5 Å². The first-order valence-corrected chi connectivity index (χ1v) is 8.93. The third-order valence-corrected chi connectivity index (χ3v) is 4.65. The molecule has 0 aromatic heterocycles. The number of amides is 3. The zero-order valence-corrected chi connectivity index (χ0v) is 16.5. The zero-order chi connectivity index (χ0) is 19.9. The number of carbonyl (C=O) groups excluding carboxylic acids is 2. The molecule has 8 heteroatoms. The third kappa shape index (κ3) is 3.96. The number of hydrogen-bond donors (Lipinski definition) is 2. The number of ether oxygens (including phenoxy) is 1. The lowest BCUT2D eigenvalue weighted by atomic mass is 9.86. The first kappa shape index (κ1) is 19.3. The normalized spacial score (nSPS) is 14.5. The first-order valence-electron chi connectivity index (χ1n) is 8.18. The van der Waals surface area contributed by atoms with Gasteiger partial charge in [0.25, 0.3) is 0 Å². The summed E-state index contributed by atoms with van der Waals surface area (Å²) in [6, 6.07) is 7.36.